The van der Waals surface area contributed by atoms with Crippen molar-refractivity contribution in [1.82, 2.24) is 4.98 Å². The Balaban J connectivity index is 1.93. The summed E-state index contributed by atoms with van der Waals surface area (Å²) in [6.07, 6.45) is 0. The molecule has 0 bridgehead atoms. The van der Waals surface area contributed by atoms with Gasteiger partial charge in [0.1, 0.15) is 11.3 Å². The minimum absolute atomic E-state index is 0.304. The van der Waals surface area contributed by atoms with E-state index in [1.807, 2.05) is 0 Å². The average molecular weight is 307 g/mol. The van der Waals surface area contributed by atoms with E-state index in [4.69, 9.17) is 11.6 Å². The Morgan fingerprint density at radius 2 is 1.95 bits per heavy atom. The van der Waals surface area contributed by atoms with E-state index in [0.29, 0.717) is 21.8 Å². The number of nitrogens with zero attached hydrogens (tertiary/aromatic N) is 1. The molecular weight excluding hydrogens is 299 g/mol. The molecule has 20 heavy (non-hydrogen) atoms. The monoisotopic (exact) mass is 306 g/mol. The van der Waals surface area contributed by atoms with Crippen LogP contribution >= 0.6 is 22.9 Å². The second-order valence-electron chi connectivity index (χ2n) is 4.09. The fraction of sp³-hybridized carbons (Fsp3) is 0. The molecule has 3 nitrogen and oxygen atoms in total. The minimum Gasteiger partial charge on any atom is -0.321 e. The van der Waals surface area contributed by atoms with Gasteiger partial charge in [-0.1, -0.05) is 11.6 Å². The van der Waals surface area contributed by atoms with Crippen molar-refractivity contribution in [2.45, 2.75) is 0 Å². The minimum atomic E-state index is -0.377. The lowest BCUT2D eigenvalue weighted by atomic mass is 10.2. The highest BCUT2D eigenvalue weighted by molar-refractivity contribution is 7.17. The molecule has 0 spiro atoms. The Morgan fingerprint density at radius 3 is 2.70 bits per heavy atom. The van der Waals surface area contributed by atoms with E-state index in [0.717, 1.165) is 4.70 Å². The van der Waals surface area contributed by atoms with Crippen molar-refractivity contribution < 1.29 is 9.18 Å². The lowest BCUT2D eigenvalue weighted by Crippen LogP contribution is -2.11. The maximum atomic E-state index is 12.8. The summed E-state index contributed by atoms with van der Waals surface area (Å²) in [6.45, 7) is 0. The lowest BCUT2D eigenvalue weighted by Gasteiger charge is -2.06. The van der Waals surface area contributed by atoms with Crippen molar-refractivity contribution in [3.8, 4) is 0 Å². The largest absolute Gasteiger partial charge is 0.321 e. The van der Waals surface area contributed by atoms with E-state index in [-0.39, 0.29) is 11.7 Å². The van der Waals surface area contributed by atoms with E-state index < -0.39 is 0 Å². The number of hydrogen-bond donors (Lipinski definition) is 1. The molecule has 0 unspecified atom stereocenters. The molecule has 0 fully saturated rings. The third kappa shape index (κ3) is 2.37. The molecule has 2 aromatic carbocycles. The summed E-state index contributed by atoms with van der Waals surface area (Å²) in [5.41, 5.74) is 3.36. The number of benzene rings is 2. The van der Waals surface area contributed by atoms with Crippen LogP contribution in [0.3, 0.4) is 0 Å². The SMILES string of the molecule is O=C(Nc1ccc(Cl)c2ncsc12)c1ccc(F)cc1. The fourth-order valence-corrected chi connectivity index (χ4v) is 2.86. The van der Waals surface area contributed by atoms with E-state index >= 15 is 0 Å². The predicted molar refractivity (Wildman–Crippen MR) is 79.0 cm³/mol. The number of rotatable bonds is 2. The Hall–Kier alpha value is -1.98. The second-order valence-corrected chi connectivity index (χ2v) is 5.35. The number of carbonyl (C=O) groups is 1. The number of fused-ring (bicyclic) bond motifs is 1. The van der Waals surface area contributed by atoms with E-state index in [9.17, 15) is 9.18 Å². The third-order valence-corrected chi connectivity index (χ3v) is 3.95. The molecule has 1 N–H and O–H groups in total. The van der Waals surface area contributed by atoms with Crippen LogP contribution in [0, 0.1) is 5.82 Å². The summed E-state index contributed by atoms with van der Waals surface area (Å²) < 4.78 is 13.6. The van der Waals surface area contributed by atoms with E-state index in [1.54, 1.807) is 17.6 Å². The summed E-state index contributed by atoms with van der Waals surface area (Å²) in [5, 5.41) is 3.33. The molecule has 0 radical (unpaired) electrons. The molecule has 0 aliphatic carbocycles. The van der Waals surface area contributed by atoms with Crippen molar-refractivity contribution in [3.05, 3.63) is 58.3 Å². The Labute approximate surface area is 123 Å². The average Bonchev–Trinajstić information content (AvgIpc) is 2.93. The highest BCUT2D eigenvalue weighted by Gasteiger charge is 2.11. The van der Waals surface area contributed by atoms with Crippen LogP contribution < -0.4 is 5.32 Å². The summed E-state index contributed by atoms with van der Waals surface area (Å²) in [6, 6.07) is 8.78. The molecule has 0 aliphatic heterocycles. The number of anilines is 1. The van der Waals surface area contributed by atoms with Gasteiger partial charge < -0.3 is 5.32 Å². The first-order valence-corrected chi connectivity index (χ1v) is 6.99. The maximum Gasteiger partial charge on any atom is 0.255 e. The normalized spacial score (nSPS) is 10.7. The molecule has 0 atom stereocenters. The summed E-state index contributed by atoms with van der Waals surface area (Å²) in [4.78, 5) is 16.2. The van der Waals surface area contributed by atoms with Gasteiger partial charge in [-0.25, -0.2) is 9.37 Å². The van der Waals surface area contributed by atoms with Gasteiger partial charge in [-0.15, -0.1) is 11.3 Å². The number of carbonyl (C=O) groups excluding carboxylic acids is 1. The molecule has 1 heterocycles. The second kappa shape index (κ2) is 5.19. The maximum absolute atomic E-state index is 12.8. The molecule has 0 saturated carbocycles. The van der Waals surface area contributed by atoms with Gasteiger partial charge in [0.15, 0.2) is 0 Å². The fourth-order valence-electron chi connectivity index (χ4n) is 1.81. The quantitative estimate of drug-likeness (QED) is 0.765. The zero-order chi connectivity index (χ0) is 14.1. The smallest absolute Gasteiger partial charge is 0.255 e. The van der Waals surface area contributed by atoms with Crippen molar-refractivity contribution in [2.24, 2.45) is 0 Å². The summed E-state index contributed by atoms with van der Waals surface area (Å²) in [7, 11) is 0. The van der Waals surface area contributed by atoms with Gasteiger partial charge in [0.25, 0.3) is 5.91 Å². The van der Waals surface area contributed by atoms with Gasteiger partial charge in [-0.05, 0) is 36.4 Å². The van der Waals surface area contributed by atoms with Crippen LogP contribution in [0.4, 0.5) is 10.1 Å². The van der Waals surface area contributed by atoms with Crippen LogP contribution in [-0.4, -0.2) is 10.9 Å². The molecule has 100 valence electrons. The molecular formula is C14H8ClFN2OS. The van der Waals surface area contributed by atoms with Crippen LogP contribution in [0.2, 0.25) is 5.02 Å². The molecule has 3 rings (SSSR count). The number of aromatic nitrogens is 1. The van der Waals surface area contributed by atoms with Crippen molar-refractivity contribution in [3.63, 3.8) is 0 Å². The van der Waals surface area contributed by atoms with Crippen LogP contribution in [0.15, 0.2) is 41.9 Å². The number of thiazole rings is 1. The summed E-state index contributed by atoms with van der Waals surface area (Å²) in [5.74, 6) is -0.681. The first-order chi connectivity index (χ1) is 9.65. The van der Waals surface area contributed by atoms with Gasteiger partial charge in [0.05, 0.1) is 20.9 Å². The van der Waals surface area contributed by atoms with E-state index in [2.05, 4.69) is 10.3 Å². The first kappa shape index (κ1) is 13.0. The molecule has 0 aliphatic rings. The predicted octanol–water partition coefficient (Wildman–Crippen LogP) is 4.34. The number of nitrogens with one attached hydrogen (secondary N) is 1. The Bertz CT molecular complexity index is 785. The molecule has 6 heteroatoms. The highest BCUT2D eigenvalue weighted by Crippen LogP contribution is 2.32. The molecule has 0 saturated heterocycles. The van der Waals surface area contributed by atoms with Gasteiger partial charge in [-0.2, -0.15) is 0 Å². The van der Waals surface area contributed by atoms with Crippen LogP contribution in [0.25, 0.3) is 10.2 Å². The van der Waals surface area contributed by atoms with Crippen LogP contribution in [-0.2, 0) is 0 Å². The number of amides is 1. The molecule has 1 aromatic heterocycles. The van der Waals surface area contributed by atoms with Crippen molar-refractivity contribution in [1.29, 1.82) is 0 Å². The standard InChI is InChI=1S/C14H8ClFN2OS/c15-10-5-6-11(13-12(10)17-7-20-13)18-14(19)8-1-3-9(16)4-2-8/h1-7H,(H,18,19). The Morgan fingerprint density at radius 1 is 1.20 bits per heavy atom. The highest BCUT2D eigenvalue weighted by atomic mass is 35.5. The topological polar surface area (TPSA) is 42.0 Å². The zero-order valence-electron chi connectivity index (χ0n) is 10.1. The molecule has 1 amide bonds. The number of hydrogen-bond acceptors (Lipinski definition) is 3. The van der Waals surface area contributed by atoms with Gasteiger partial charge in [0, 0.05) is 5.56 Å². The van der Waals surface area contributed by atoms with Crippen molar-refractivity contribution >= 4 is 44.7 Å². The lowest BCUT2D eigenvalue weighted by molar-refractivity contribution is 0.102. The molecule has 3 aromatic rings. The summed E-state index contributed by atoms with van der Waals surface area (Å²) >= 11 is 7.43. The third-order valence-electron chi connectivity index (χ3n) is 2.79. The van der Waals surface area contributed by atoms with E-state index in [1.165, 1.54) is 35.6 Å². The zero-order valence-corrected chi connectivity index (χ0v) is 11.6. The van der Waals surface area contributed by atoms with Gasteiger partial charge in [0.2, 0.25) is 0 Å². The number of halogens is 2. The van der Waals surface area contributed by atoms with Gasteiger partial charge in [-0.3, -0.25) is 4.79 Å². The van der Waals surface area contributed by atoms with Crippen molar-refractivity contribution in [2.75, 3.05) is 5.32 Å². The first-order valence-electron chi connectivity index (χ1n) is 5.74. The Kier molecular flexibility index (Phi) is 3.38. The van der Waals surface area contributed by atoms with Gasteiger partial charge >= 0.3 is 0 Å². The van der Waals surface area contributed by atoms with Crippen LogP contribution in [0.5, 0.6) is 0 Å². The van der Waals surface area contributed by atoms with Crippen LogP contribution in [0.1, 0.15) is 10.4 Å².